The summed E-state index contributed by atoms with van der Waals surface area (Å²) in [5, 5.41) is 15.3. The van der Waals surface area contributed by atoms with Crippen LogP contribution in [0.5, 0.6) is 5.75 Å². The Morgan fingerprint density at radius 3 is 2.41 bits per heavy atom. The van der Waals surface area contributed by atoms with Crippen LogP contribution in [0.25, 0.3) is 10.8 Å². The van der Waals surface area contributed by atoms with Crippen LogP contribution in [-0.2, 0) is 14.8 Å². The zero-order chi connectivity index (χ0) is 24.1. The summed E-state index contributed by atoms with van der Waals surface area (Å²) in [7, 11) is -3.60. The van der Waals surface area contributed by atoms with Crippen LogP contribution in [0.4, 0.5) is 5.69 Å². The van der Waals surface area contributed by atoms with E-state index in [0.29, 0.717) is 44.2 Å². The highest BCUT2D eigenvalue weighted by Crippen LogP contribution is 2.21. The predicted molar refractivity (Wildman–Crippen MR) is 131 cm³/mol. The standard InChI is InChI=1S/C25H29N3O5S/c1-19(29)26-22-7-10-25(11-8-22)34(31,32)28-14-12-27(13-15-28)17-23(30)18-33-24-9-6-20-4-2-3-5-21(20)16-24/h2-11,16,23,30H,12-15,17-18H2,1H3,(H,26,29)/p+1/t23-/m0/s1. The lowest BCUT2D eigenvalue weighted by Crippen LogP contribution is -3.15. The molecular formula is C25H30N3O5S+. The second-order valence-corrected chi connectivity index (χ2v) is 10.5. The maximum absolute atomic E-state index is 13.0. The number of aliphatic hydroxyl groups excluding tert-OH is 1. The first-order chi connectivity index (χ1) is 16.3. The van der Waals surface area contributed by atoms with Gasteiger partial charge in [0.1, 0.15) is 25.0 Å². The number of amides is 1. The van der Waals surface area contributed by atoms with Crippen molar-refractivity contribution in [3.63, 3.8) is 0 Å². The first-order valence-electron chi connectivity index (χ1n) is 11.3. The molecule has 3 aromatic rings. The van der Waals surface area contributed by atoms with Crippen molar-refractivity contribution in [1.82, 2.24) is 4.31 Å². The number of carbonyl (C=O) groups is 1. The van der Waals surface area contributed by atoms with E-state index in [9.17, 15) is 18.3 Å². The van der Waals surface area contributed by atoms with E-state index in [0.717, 1.165) is 15.7 Å². The average molecular weight is 485 g/mol. The fourth-order valence-corrected chi connectivity index (χ4v) is 5.59. The van der Waals surface area contributed by atoms with Gasteiger partial charge >= 0.3 is 0 Å². The summed E-state index contributed by atoms with van der Waals surface area (Å²) < 4.78 is 33.2. The van der Waals surface area contributed by atoms with Crippen molar-refractivity contribution in [2.45, 2.75) is 17.9 Å². The van der Waals surface area contributed by atoms with Gasteiger partial charge in [-0.3, -0.25) is 4.79 Å². The van der Waals surface area contributed by atoms with Crippen LogP contribution < -0.4 is 15.0 Å². The van der Waals surface area contributed by atoms with Crippen LogP contribution in [-0.4, -0.2) is 69.2 Å². The summed E-state index contributed by atoms with van der Waals surface area (Å²) in [5.74, 6) is 0.507. The molecule has 0 radical (unpaired) electrons. The minimum absolute atomic E-state index is 0.185. The van der Waals surface area contributed by atoms with E-state index in [1.165, 1.54) is 23.4 Å². The highest BCUT2D eigenvalue weighted by molar-refractivity contribution is 7.89. The van der Waals surface area contributed by atoms with Crippen molar-refractivity contribution in [3.8, 4) is 5.75 Å². The second kappa shape index (κ2) is 10.5. The number of hydrogen-bond acceptors (Lipinski definition) is 5. The number of fused-ring (bicyclic) bond motifs is 1. The number of piperazine rings is 1. The molecule has 180 valence electrons. The van der Waals surface area contributed by atoms with Crippen LogP contribution in [0.3, 0.4) is 0 Å². The van der Waals surface area contributed by atoms with Crippen molar-refractivity contribution in [1.29, 1.82) is 0 Å². The van der Waals surface area contributed by atoms with Crippen molar-refractivity contribution >= 4 is 32.4 Å². The Morgan fingerprint density at radius 2 is 1.74 bits per heavy atom. The number of hydrogen-bond donors (Lipinski definition) is 3. The normalized spacial score (nSPS) is 16.3. The lowest BCUT2D eigenvalue weighted by Gasteiger charge is -2.32. The van der Waals surface area contributed by atoms with Gasteiger partial charge in [-0.2, -0.15) is 4.31 Å². The molecule has 9 heteroatoms. The Bertz CT molecular complexity index is 1240. The summed E-state index contributed by atoms with van der Waals surface area (Å²) in [6.07, 6.45) is -0.647. The summed E-state index contributed by atoms with van der Waals surface area (Å²) in [6, 6.07) is 20.1. The number of benzene rings is 3. The SMILES string of the molecule is CC(=O)Nc1ccc(S(=O)(=O)N2CC[NH+](C[C@H](O)COc3ccc4ccccc4c3)CC2)cc1. The van der Waals surface area contributed by atoms with Gasteiger partial charge in [-0.1, -0.05) is 30.3 Å². The molecule has 1 aliphatic heterocycles. The van der Waals surface area contributed by atoms with Gasteiger partial charge in [0.25, 0.3) is 0 Å². The molecule has 1 amide bonds. The summed E-state index contributed by atoms with van der Waals surface area (Å²) in [5.41, 5.74) is 0.556. The molecule has 8 nitrogen and oxygen atoms in total. The van der Waals surface area contributed by atoms with Gasteiger partial charge in [-0.25, -0.2) is 8.42 Å². The lowest BCUT2D eigenvalue weighted by atomic mass is 10.1. The molecule has 1 aliphatic rings. The van der Waals surface area contributed by atoms with E-state index in [1.54, 1.807) is 12.1 Å². The van der Waals surface area contributed by atoms with E-state index in [1.807, 2.05) is 42.5 Å². The fourth-order valence-electron chi connectivity index (χ4n) is 4.15. The molecule has 1 fully saturated rings. The molecule has 3 aromatic carbocycles. The summed E-state index contributed by atoms with van der Waals surface area (Å²) >= 11 is 0. The Hall–Kier alpha value is -2.98. The smallest absolute Gasteiger partial charge is 0.243 e. The number of nitrogens with one attached hydrogen (secondary N) is 2. The number of rotatable bonds is 8. The van der Waals surface area contributed by atoms with Gasteiger partial charge < -0.3 is 20.1 Å². The van der Waals surface area contributed by atoms with Gasteiger partial charge in [0.2, 0.25) is 15.9 Å². The maximum Gasteiger partial charge on any atom is 0.243 e. The monoisotopic (exact) mass is 484 g/mol. The number of carbonyl (C=O) groups excluding carboxylic acids is 1. The molecular weight excluding hydrogens is 454 g/mol. The molecule has 34 heavy (non-hydrogen) atoms. The van der Waals surface area contributed by atoms with Crippen molar-refractivity contribution < 1.29 is 28.0 Å². The molecule has 3 N–H and O–H groups in total. The zero-order valence-corrected chi connectivity index (χ0v) is 19.9. The maximum atomic E-state index is 13.0. The lowest BCUT2D eigenvalue weighted by molar-refractivity contribution is -0.906. The van der Waals surface area contributed by atoms with Gasteiger partial charge in [0.05, 0.1) is 31.1 Å². The fraction of sp³-hybridized carbons (Fsp3) is 0.320. The van der Waals surface area contributed by atoms with Crippen molar-refractivity contribution in [2.24, 2.45) is 0 Å². The van der Waals surface area contributed by atoms with Crippen molar-refractivity contribution in [3.05, 3.63) is 66.7 Å². The van der Waals surface area contributed by atoms with Crippen LogP contribution in [0.15, 0.2) is 71.6 Å². The molecule has 0 aromatic heterocycles. The number of anilines is 1. The van der Waals surface area contributed by atoms with E-state index >= 15 is 0 Å². The van der Waals surface area contributed by atoms with E-state index in [-0.39, 0.29) is 17.4 Å². The van der Waals surface area contributed by atoms with E-state index in [2.05, 4.69) is 5.32 Å². The van der Waals surface area contributed by atoms with Crippen LogP contribution >= 0.6 is 0 Å². The highest BCUT2D eigenvalue weighted by atomic mass is 32.2. The third-order valence-electron chi connectivity index (χ3n) is 5.93. The molecule has 0 unspecified atom stereocenters. The van der Waals surface area contributed by atoms with E-state index < -0.39 is 16.1 Å². The molecule has 0 bridgehead atoms. The highest BCUT2D eigenvalue weighted by Gasteiger charge is 2.31. The zero-order valence-electron chi connectivity index (χ0n) is 19.1. The Kier molecular flexibility index (Phi) is 7.47. The quantitative estimate of drug-likeness (QED) is 0.445. The van der Waals surface area contributed by atoms with Gasteiger partial charge in [-0.15, -0.1) is 0 Å². The second-order valence-electron chi connectivity index (χ2n) is 8.54. The number of aliphatic hydroxyl groups is 1. The average Bonchev–Trinajstić information content (AvgIpc) is 2.83. The molecule has 0 saturated carbocycles. The first kappa shape index (κ1) is 24.2. The number of nitrogens with zero attached hydrogens (tertiary/aromatic N) is 1. The van der Waals surface area contributed by atoms with Gasteiger partial charge in [0.15, 0.2) is 0 Å². The number of ether oxygens (including phenoxy) is 1. The first-order valence-corrected chi connectivity index (χ1v) is 12.8. The van der Waals surface area contributed by atoms with Crippen LogP contribution in [0, 0.1) is 0 Å². The Labute approximate surface area is 199 Å². The Balaban J connectivity index is 1.26. The molecule has 4 rings (SSSR count). The van der Waals surface area contributed by atoms with Gasteiger partial charge in [0, 0.05) is 12.6 Å². The third-order valence-corrected chi connectivity index (χ3v) is 7.84. The molecule has 1 atom stereocenters. The minimum atomic E-state index is -3.60. The molecule has 0 spiro atoms. The summed E-state index contributed by atoms with van der Waals surface area (Å²) in [4.78, 5) is 12.5. The topological polar surface area (TPSA) is 100 Å². The van der Waals surface area contributed by atoms with Crippen molar-refractivity contribution in [2.75, 3.05) is 44.6 Å². The minimum Gasteiger partial charge on any atom is -0.491 e. The molecule has 1 heterocycles. The van der Waals surface area contributed by atoms with E-state index in [4.69, 9.17) is 4.74 Å². The number of sulfonamides is 1. The largest absolute Gasteiger partial charge is 0.491 e. The molecule has 0 aliphatic carbocycles. The molecule has 1 saturated heterocycles. The van der Waals surface area contributed by atoms with Crippen LogP contribution in [0.2, 0.25) is 0 Å². The van der Waals surface area contributed by atoms with Crippen LogP contribution in [0.1, 0.15) is 6.92 Å². The number of quaternary nitrogens is 1. The van der Waals surface area contributed by atoms with Gasteiger partial charge in [-0.05, 0) is 47.2 Å². The Morgan fingerprint density at radius 1 is 1.06 bits per heavy atom. The summed E-state index contributed by atoms with van der Waals surface area (Å²) in [6.45, 7) is 4.05. The third kappa shape index (κ3) is 5.92. The predicted octanol–water partition coefficient (Wildman–Crippen LogP) is 1.13.